The lowest BCUT2D eigenvalue weighted by Gasteiger charge is -2.38. The lowest BCUT2D eigenvalue weighted by molar-refractivity contribution is -0.305. The molecule has 0 saturated carbocycles. The van der Waals surface area contributed by atoms with Gasteiger partial charge in [-0.1, -0.05) is 18.2 Å². The van der Waals surface area contributed by atoms with Crippen molar-refractivity contribution in [2.24, 2.45) is 0 Å². The van der Waals surface area contributed by atoms with Crippen molar-refractivity contribution < 1.29 is 50.1 Å². The van der Waals surface area contributed by atoms with Crippen LogP contribution in [0.2, 0.25) is 0 Å². The molecule has 2 atom stereocenters. The third-order valence-electron chi connectivity index (χ3n) is 5.89. The van der Waals surface area contributed by atoms with Crippen LogP contribution in [0, 0.1) is 0 Å². The van der Waals surface area contributed by atoms with Crippen molar-refractivity contribution in [1.82, 2.24) is 0 Å². The molecule has 1 amide bonds. The average Bonchev–Trinajstić information content (AvgIpc) is 3.35. The number of carbonyl (C=O) groups is 1. The Morgan fingerprint density at radius 1 is 0.974 bits per heavy atom. The molecule has 3 aromatic rings. The van der Waals surface area contributed by atoms with Gasteiger partial charge in [0.15, 0.2) is 23.0 Å². The number of alkyl halides is 6. The van der Waals surface area contributed by atoms with Gasteiger partial charge in [-0.15, -0.1) is 0 Å². The van der Waals surface area contributed by atoms with Crippen LogP contribution in [0.15, 0.2) is 60.7 Å². The van der Waals surface area contributed by atoms with Crippen LogP contribution in [0.3, 0.4) is 0 Å². The molecule has 200 valence electrons. The first-order chi connectivity index (χ1) is 18.0. The van der Waals surface area contributed by atoms with E-state index in [1.807, 2.05) is 0 Å². The van der Waals surface area contributed by atoms with E-state index in [4.69, 9.17) is 14.2 Å². The molecule has 13 heteroatoms. The van der Waals surface area contributed by atoms with Gasteiger partial charge in [-0.3, -0.25) is 9.69 Å². The number of ether oxygens (including phenoxy) is 4. The number of hydrogen-bond acceptors (Lipinski definition) is 6. The molecule has 2 heterocycles. The molecule has 5 rings (SSSR count). The second-order valence-electron chi connectivity index (χ2n) is 8.28. The molecule has 0 fully saturated rings. The molecule has 0 unspecified atom stereocenters. The van der Waals surface area contributed by atoms with Crippen molar-refractivity contribution in [1.29, 1.82) is 0 Å². The second kappa shape index (κ2) is 9.23. The summed E-state index contributed by atoms with van der Waals surface area (Å²) in [4.78, 5) is 15.0. The Bertz CT molecular complexity index is 1380. The summed E-state index contributed by atoms with van der Waals surface area (Å²) in [5.41, 5.74) is 1.54. The maximum atomic E-state index is 13.9. The van der Waals surface area contributed by atoms with Crippen LogP contribution >= 0.6 is 0 Å². The molecular formula is C25H18F6N2O5. The maximum absolute atomic E-state index is 13.9. The summed E-state index contributed by atoms with van der Waals surface area (Å²) in [5.74, 6) is -0.751. The van der Waals surface area contributed by atoms with E-state index in [1.165, 1.54) is 17.0 Å². The summed E-state index contributed by atoms with van der Waals surface area (Å²) in [6.45, 7) is 0.00855. The largest absolute Gasteiger partial charge is 0.493 e. The van der Waals surface area contributed by atoms with Crippen molar-refractivity contribution in [3.05, 3.63) is 71.8 Å². The van der Waals surface area contributed by atoms with Crippen LogP contribution in [0.25, 0.3) is 0 Å². The quantitative estimate of drug-likeness (QED) is 0.383. The van der Waals surface area contributed by atoms with E-state index in [1.54, 1.807) is 42.5 Å². The normalized spacial score (nSPS) is 17.5. The minimum Gasteiger partial charge on any atom is -0.493 e. The Labute approximate surface area is 211 Å². The highest BCUT2D eigenvalue weighted by Crippen LogP contribution is 2.44. The van der Waals surface area contributed by atoms with Gasteiger partial charge in [0.25, 0.3) is 12.1 Å². The number of nitrogens with zero attached hydrogens (tertiary/aromatic N) is 1. The predicted molar refractivity (Wildman–Crippen MR) is 122 cm³/mol. The van der Waals surface area contributed by atoms with Gasteiger partial charge in [-0.2, -0.15) is 22.0 Å². The van der Waals surface area contributed by atoms with Gasteiger partial charge in [-0.25, -0.2) is 4.39 Å². The fourth-order valence-corrected chi connectivity index (χ4v) is 4.12. The Balaban J connectivity index is 1.54. The molecule has 0 aliphatic carbocycles. The van der Waals surface area contributed by atoms with Crippen molar-refractivity contribution >= 4 is 17.3 Å². The third kappa shape index (κ3) is 4.48. The molecule has 1 N–H and O–H groups in total. The maximum Gasteiger partial charge on any atom is 0.439 e. The van der Waals surface area contributed by atoms with Crippen molar-refractivity contribution in [3.63, 3.8) is 0 Å². The van der Waals surface area contributed by atoms with E-state index >= 15 is 0 Å². The molecule has 0 bridgehead atoms. The molecule has 0 aromatic heterocycles. The molecule has 7 nitrogen and oxygen atoms in total. The molecule has 2 aliphatic heterocycles. The van der Waals surface area contributed by atoms with E-state index < -0.39 is 42.0 Å². The Morgan fingerprint density at radius 3 is 2.45 bits per heavy atom. The number of halogens is 6. The molecule has 3 aromatic carbocycles. The smallest absolute Gasteiger partial charge is 0.439 e. The van der Waals surface area contributed by atoms with Gasteiger partial charge in [0.1, 0.15) is 6.17 Å². The summed E-state index contributed by atoms with van der Waals surface area (Å²) < 4.78 is 98.8. The van der Waals surface area contributed by atoms with Crippen LogP contribution in [-0.2, 0) is 0 Å². The minimum absolute atomic E-state index is 0.00855. The zero-order valence-electron chi connectivity index (χ0n) is 19.4. The first-order valence-electron chi connectivity index (χ1n) is 11.0. The fourth-order valence-electron chi connectivity index (χ4n) is 4.12. The van der Waals surface area contributed by atoms with E-state index in [0.29, 0.717) is 34.0 Å². The number of methoxy groups -OCH3 is 1. The molecule has 38 heavy (non-hydrogen) atoms. The number of benzene rings is 3. The molecule has 0 radical (unpaired) electrons. The van der Waals surface area contributed by atoms with E-state index in [9.17, 15) is 31.1 Å². The van der Waals surface area contributed by atoms with E-state index in [0.717, 1.165) is 13.2 Å². The summed E-state index contributed by atoms with van der Waals surface area (Å²) in [7, 11) is 1.07. The number of amides is 1. The summed E-state index contributed by atoms with van der Waals surface area (Å²) in [6.07, 6.45) is -16.6. The average molecular weight is 540 g/mol. The van der Waals surface area contributed by atoms with E-state index in [-0.39, 0.29) is 6.79 Å². The number of carbonyl (C=O) groups excluding carboxylic acids is 1. The van der Waals surface area contributed by atoms with Gasteiger partial charge in [0.2, 0.25) is 6.79 Å². The summed E-state index contributed by atoms with van der Waals surface area (Å²) in [6, 6.07) is 14.9. The highest BCUT2D eigenvalue weighted by Gasteiger charge is 2.59. The number of fused-ring (bicyclic) bond motifs is 2. The topological polar surface area (TPSA) is 69.3 Å². The predicted octanol–water partition coefficient (Wildman–Crippen LogP) is 6.07. The molecule has 2 aliphatic rings. The van der Waals surface area contributed by atoms with Gasteiger partial charge in [-0.05, 0) is 42.0 Å². The van der Waals surface area contributed by atoms with Gasteiger partial charge in [0, 0.05) is 11.8 Å². The molecule has 0 spiro atoms. The number of nitrogens with one attached hydrogen (secondary N) is 1. The Kier molecular flexibility index (Phi) is 6.16. The number of hydrogen-bond donors (Lipinski definition) is 1. The number of anilines is 2. The standard InChI is InChI=1S/C25H18F6N2O5/c1-35-19-10-13(6-8-18(19)38-25(30,31)23(26)24(27,28)29)21-32-16-5-3-2-4-15(16)22(34)33(21)14-7-9-17-20(11-14)37-12-36-17/h2-11,21,23,32H,12H2,1H3/t21-,23+/m0/s1. The highest BCUT2D eigenvalue weighted by atomic mass is 19.4. The fraction of sp³-hybridized carbons (Fsp3) is 0.240. The van der Waals surface area contributed by atoms with Crippen LogP contribution in [0.1, 0.15) is 22.1 Å². The monoisotopic (exact) mass is 540 g/mol. The SMILES string of the molecule is COc1cc([C@H]2Nc3ccccc3C(=O)N2c2ccc3c(c2)OCO3)ccc1OC(F)(F)[C@H](F)C(F)(F)F. The molecule has 0 saturated heterocycles. The van der Waals surface area contributed by atoms with Gasteiger partial charge in [0.05, 0.1) is 18.4 Å². The van der Waals surface area contributed by atoms with Gasteiger partial charge < -0.3 is 24.3 Å². The molecular weight excluding hydrogens is 522 g/mol. The van der Waals surface area contributed by atoms with Crippen molar-refractivity contribution in [2.75, 3.05) is 24.1 Å². The number of para-hydroxylation sites is 1. The summed E-state index contributed by atoms with van der Waals surface area (Å²) >= 11 is 0. The van der Waals surface area contributed by atoms with E-state index in [2.05, 4.69) is 10.1 Å². The van der Waals surface area contributed by atoms with Crippen LogP contribution < -0.4 is 29.2 Å². The van der Waals surface area contributed by atoms with Crippen LogP contribution in [0.5, 0.6) is 23.0 Å². The first kappa shape index (κ1) is 25.4. The lowest BCUT2D eigenvalue weighted by atomic mass is 10.0. The third-order valence-corrected chi connectivity index (χ3v) is 5.89. The summed E-state index contributed by atoms with van der Waals surface area (Å²) in [5, 5.41) is 3.20. The van der Waals surface area contributed by atoms with Crippen LogP contribution in [-0.4, -0.2) is 38.3 Å². The van der Waals surface area contributed by atoms with Crippen LogP contribution in [0.4, 0.5) is 37.7 Å². The highest BCUT2D eigenvalue weighted by molar-refractivity contribution is 6.12. The lowest BCUT2D eigenvalue weighted by Crippen LogP contribution is -2.45. The minimum atomic E-state index is -5.85. The zero-order chi connectivity index (χ0) is 27.2. The Morgan fingerprint density at radius 2 is 1.71 bits per heavy atom. The zero-order valence-corrected chi connectivity index (χ0v) is 19.4. The Hall–Kier alpha value is -4.29. The second-order valence-corrected chi connectivity index (χ2v) is 8.28. The first-order valence-corrected chi connectivity index (χ1v) is 11.0. The van der Waals surface area contributed by atoms with Gasteiger partial charge >= 0.3 is 12.3 Å². The number of rotatable bonds is 6. The van der Waals surface area contributed by atoms with Crippen molar-refractivity contribution in [3.8, 4) is 23.0 Å². The van der Waals surface area contributed by atoms with Crippen molar-refractivity contribution in [2.45, 2.75) is 24.6 Å².